The number of hydrogen-bond donors (Lipinski definition) is 0. The van der Waals surface area contributed by atoms with E-state index < -0.39 is 5.54 Å². The molecule has 0 N–H and O–H groups in total. The number of carbonyl (C=O) groups excluding carboxylic acids is 2. The van der Waals surface area contributed by atoms with E-state index in [0.717, 1.165) is 37.2 Å². The summed E-state index contributed by atoms with van der Waals surface area (Å²) >= 11 is 0. The lowest BCUT2D eigenvalue weighted by Gasteiger charge is -2.56. The molecule has 0 aliphatic carbocycles. The molecule has 2 aromatic rings. The maximum atomic E-state index is 13.7. The van der Waals surface area contributed by atoms with Crippen molar-refractivity contribution in [3.05, 3.63) is 59.3 Å². The first-order valence-electron chi connectivity index (χ1n) is 11.6. The molecule has 2 aliphatic heterocycles. The predicted molar refractivity (Wildman–Crippen MR) is 127 cm³/mol. The number of methoxy groups -OCH3 is 1. The van der Waals surface area contributed by atoms with Crippen molar-refractivity contribution in [1.29, 1.82) is 0 Å². The maximum Gasteiger partial charge on any atom is 0.254 e. The van der Waals surface area contributed by atoms with Crippen molar-refractivity contribution in [3.63, 3.8) is 0 Å². The number of ether oxygens (including phenoxy) is 1. The molecule has 1 fully saturated rings. The number of aromatic nitrogens is 1. The van der Waals surface area contributed by atoms with Gasteiger partial charge >= 0.3 is 0 Å². The summed E-state index contributed by atoms with van der Waals surface area (Å²) in [5.41, 5.74) is 1.93. The fraction of sp³-hybridized carbons (Fsp3) is 0.500. The van der Waals surface area contributed by atoms with Gasteiger partial charge in [-0.25, -0.2) is 4.98 Å². The Bertz CT molecular complexity index is 1030. The highest BCUT2D eigenvalue weighted by molar-refractivity contribution is 6.02. The van der Waals surface area contributed by atoms with E-state index in [1.165, 1.54) is 0 Å². The van der Waals surface area contributed by atoms with Crippen LogP contribution in [0.4, 0.5) is 0 Å². The van der Waals surface area contributed by atoms with Gasteiger partial charge in [0.1, 0.15) is 0 Å². The number of piperidine rings is 1. The highest BCUT2D eigenvalue weighted by Crippen LogP contribution is 2.48. The Labute approximate surface area is 196 Å². The quantitative estimate of drug-likeness (QED) is 0.700. The van der Waals surface area contributed by atoms with Crippen LogP contribution in [-0.2, 0) is 11.3 Å². The van der Waals surface area contributed by atoms with Crippen molar-refractivity contribution < 1.29 is 14.3 Å². The van der Waals surface area contributed by atoms with E-state index in [0.29, 0.717) is 18.0 Å². The first-order valence-corrected chi connectivity index (χ1v) is 11.6. The van der Waals surface area contributed by atoms with E-state index in [2.05, 4.69) is 23.7 Å². The summed E-state index contributed by atoms with van der Waals surface area (Å²) in [7, 11) is 5.23. The number of rotatable bonds is 5. The summed E-state index contributed by atoms with van der Waals surface area (Å²) in [6.45, 7) is 6.39. The Kier molecular flexibility index (Phi) is 6.43. The van der Waals surface area contributed by atoms with Gasteiger partial charge in [0.2, 0.25) is 11.8 Å². The first kappa shape index (κ1) is 23.2. The molecule has 1 saturated heterocycles. The molecule has 3 heterocycles. The topological polar surface area (TPSA) is 66.0 Å². The summed E-state index contributed by atoms with van der Waals surface area (Å²) < 4.78 is 5.27. The minimum absolute atomic E-state index is 0.00470. The lowest BCUT2D eigenvalue weighted by atomic mass is 9.66. The molecule has 176 valence electrons. The van der Waals surface area contributed by atoms with Gasteiger partial charge in [0.15, 0.2) is 0 Å². The molecule has 1 aromatic carbocycles. The van der Waals surface area contributed by atoms with Crippen LogP contribution >= 0.6 is 0 Å². The van der Waals surface area contributed by atoms with Crippen LogP contribution in [0.2, 0.25) is 0 Å². The molecule has 0 bridgehead atoms. The second kappa shape index (κ2) is 9.14. The molecule has 2 aliphatic rings. The van der Waals surface area contributed by atoms with Crippen molar-refractivity contribution in [1.82, 2.24) is 19.7 Å². The molecule has 0 saturated carbocycles. The Morgan fingerprint density at radius 2 is 1.85 bits per heavy atom. The van der Waals surface area contributed by atoms with Crippen molar-refractivity contribution >= 4 is 11.8 Å². The third kappa shape index (κ3) is 4.10. The molecule has 1 spiro atoms. The molecule has 4 rings (SSSR count). The van der Waals surface area contributed by atoms with E-state index in [4.69, 9.17) is 4.74 Å². The van der Waals surface area contributed by atoms with Crippen LogP contribution in [0, 0.1) is 0 Å². The van der Waals surface area contributed by atoms with Gasteiger partial charge in [-0.05, 0) is 44.4 Å². The van der Waals surface area contributed by atoms with Crippen molar-refractivity contribution in [2.45, 2.75) is 50.7 Å². The molecule has 2 amide bonds. The molecule has 7 nitrogen and oxygen atoms in total. The van der Waals surface area contributed by atoms with Gasteiger partial charge in [0.25, 0.3) is 5.91 Å². The molecule has 7 heteroatoms. The lowest BCUT2D eigenvalue weighted by Crippen LogP contribution is -2.66. The average molecular weight is 451 g/mol. The number of likely N-dealkylation sites (tertiary alicyclic amines) is 1. The molecular weight excluding hydrogens is 416 g/mol. The van der Waals surface area contributed by atoms with Gasteiger partial charge in [-0.2, -0.15) is 0 Å². The zero-order valence-electron chi connectivity index (χ0n) is 20.2. The van der Waals surface area contributed by atoms with Crippen LogP contribution in [0.1, 0.15) is 54.2 Å². The zero-order valence-corrected chi connectivity index (χ0v) is 20.2. The van der Waals surface area contributed by atoms with Crippen molar-refractivity contribution in [2.24, 2.45) is 0 Å². The number of nitrogens with zero attached hydrogens (tertiary/aromatic N) is 4. The molecular formula is C26H34N4O3. The number of amides is 2. The van der Waals surface area contributed by atoms with Crippen molar-refractivity contribution in [3.8, 4) is 5.88 Å². The fourth-order valence-electron chi connectivity index (χ4n) is 5.59. The summed E-state index contributed by atoms with van der Waals surface area (Å²) in [4.78, 5) is 37.9. The Morgan fingerprint density at radius 3 is 2.48 bits per heavy atom. The second-order valence-corrected chi connectivity index (χ2v) is 9.57. The number of likely N-dealkylation sites (N-methyl/N-ethyl adjacent to an activating group) is 1. The highest BCUT2D eigenvalue weighted by Gasteiger charge is 2.56. The predicted octanol–water partition coefficient (Wildman–Crippen LogP) is 3.16. The minimum atomic E-state index is -0.542. The third-order valence-electron chi connectivity index (χ3n) is 7.04. The van der Waals surface area contributed by atoms with E-state index in [1.54, 1.807) is 26.1 Å². The van der Waals surface area contributed by atoms with Gasteiger partial charge in [0, 0.05) is 51.4 Å². The average Bonchev–Trinajstić information content (AvgIpc) is 2.80. The third-order valence-corrected chi connectivity index (χ3v) is 7.04. The van der Waals surface area contributed by atoms with E-state index >= 15 is 0 Å². The van der Waals surface area contributed by atoms with Crippen LogP contribution in [0.3, 0.4) is 0 Å². The minimum Gasteiger partial charge on any atom is -0.481 e. The van der Waals surface area contributed by atoms with E-state index in [-0.39, 0.29) is 23.8 Å². The summed E-state index contributed by atoms with van der Waals surface area (Å²) in [6.07, 6.45) is 1.47. The molecule has 1 atom stereocenters. The molecule has 1 aromatic heterocycles. The zero-order chi connectivity index (χ0) is 23.8. The smallest absolute Gasteiger partial charge is 0.254 e. The van der Waals surface area contributed by atoms with Crippen LogP contribution in [-0.4, -0.2) is 77.4 Å². The summed E-state index contributed by atoms with van der Waals surface area (Å²) in [5, 5.41) is 0. The van der Waals surface area contributed by atoms with Gasteiger partial charge < -0.3 is 14.5 Å². The largest absolute Gasteiger partial charge is 0.481 e. The second-order valence-electron chi connectivity index (χ2n) is 9.57. The first-order chi connectivity index (χ1) is 15.8. The van der Waals surface area contributed by atoms with Gasteiger partial charge in [-0.15, -0.1) is 0 Å². The molecule has 0 radical (unpaired) electrons. The molecule has 33 heavy (non-hydrogen) atoms. The summed E-state index contributed by atoms with van der Waals surface area (Å²) in [5.74, 6) is 0.328. The van der Waals surface area contributed by atoms with E-state index in [1.807, 2.05) is 47.4 Å². The van der Waals surface area contributed by atoms with E-state index in [9.17, 15) is 9.59 Å². The number of benzene rings is 1. The number of pyridine rings is 1. The van der Waals surface area contributed by atoms with Gasteiger partial charge in [0.05, 0.1) is 24.3 Å². The van der Waals surface area contributed by atoms with Gasteiger partial charge in [-0.1, -0.05) is 24.3 Å². The standard InChI is InChI=1S/C26H34N4O3/c1-18(2)30-24(31)21-11-7-6-10-20(21)23(25(32)28(3)4)26(30)13-15-29(16-14-26)17-19-9-8-12-22(27-19)33-5/h6-12,18,23H,13-17H2,1-5H3. The highest BCUT2D eigenvalue weighted by atomic mass is 16.5. The Hall–Kier alpha value is -2.93. The number of carbonyl (C=O) groups is 2. The Balaban J connectivity index is 1.68. The van der Waals surface area contributed by atoms with Gasteiger partial charge in [-0.3, -0.25) is 14.5 Å². The number of fused-ring (bicyclic) bond motifs is 1. The number of hydrogen-bond acceptors (Lipinski definition) is 5. The molecule has 1 unspecified atom stereocenters. The fourth-order valence-corrected chi connectivity index (χ4v) is 5.59. The lowest BCUT2D eigenvalue weighted by molar-refractivity contribution is -0.136. The summed E-state index contributed by atoms with van der Waals surface area (Å²) in [6, 6.07) is 13.4. The normalized spacial score (nSPS) is 20.1. The van der Waals surface area contributed by atoms with Crippen LogP contribution in [0.5, 0.6) is 5.88 Å². The van der Waals surface area contributed by atoms with Crippen LogP contribution in [0.15, 0.2) is 42.5 Å². The maximum absolute atomic E-state index is 13.7. The van der Waals surface area contributed by atoms with Crippen molar-refractivity contribution in [2.75, 3.05) is 34.3 Å². The van der Waals surface area contributed by atoms with Crippen LogP contribution < -0.4 is 4.74 Å². The SMILES string of the molecule is COc1cccc(CN2CCC3(CC2)C(C(=O)N(C)C)c2ccccc2C(=O)N3C(C)C)n1. The van der Waals surface area contributed by atoms with Crippen LogP contribution in [0.25, 0.3) is 0 Å². The monoisotopic (exact) mass is 450 g/mol. The Morgan fingerprint density at radius 1 is 1.15 bits per heavy atom.